The van der Waals surface area contributed by atoms with Crippen LogP contribution < -0.4 is 14.8 Å². The molecule has 0 unspecified atom stereocenters. The van der Waals surface area contributed by atoms with Gasteiger partial charge < -0.3 is 14.8 Å². The van der Waals surface area contributed by atoms with E-state index in [9.17, 15) is 4.79 Å². The van der Waals surface area contributed by atoms with Gasteiger partial charge in [0, 0.05) is 6.54 Å². The number of hydrogen-bond acceptors (Lipinski definition) is 3. The molecule has 4 heteroatoms. The van der Waals surface area contributed by atoms with Crippen LogP contribution in [0.15, 0.2) is 24.3 Å². The third kappa shape index (κ3) is 4.93. The fourth-order valence-corrected chi connectivity index (χ4v) is 2.89. The number of nitrogens with one attached hydrogen (secondary N) is 1. The smallest absolute Gasteiger partial charge is 0.261 e. The average molecular weight is 305 g/mol. The number of hydrogen-bond donors (Lipinski definition) is 1. The molecule has 122 valence electrons. The second-order valence-electron chi connectivity index (χ2n) is 5.94. The first-order valence-electron chi connectivity index (χ1n) is 8.31. The van der Waals surface area contributed by atoms with E-state index in [-0.39, 0.29) is 5.91 Å². The second-order valence-corrected chi connectivity index (χ2v) is 5.94. The van der Waals surface area contributed by atoms with Crippen molar-refractivity contribution < 1.29 is 14.3 Å². The molecule has 1 aromatic carbocycles. The van der Waals surface area contributed by atoms with Crippen LogP contribution in [-0.4, -0.2) is 25.7 Å². The van der Waals surface area contributed by atoms with Gasteiger partial charge in [-0.1, -0.05) is 26.2 Å². The van der Waals surface area contributed by atoms with Gasteiger partial charge in [0.25, 0.3) is 5.91 Å². The van der Waals surface area contributed by atoms with E-state index in [1.165, 1.54) is 32.1 Å². The normalized spacial score (nSPS) is 16.8. The van der Waals surface area contributed by atoms with Crippen molar-refractivity contribution in [2.45, 2.75) is 51.6 Å². The first-order valence-corrected chi connectivity index (χ1v) is 8.31. The quantitative estimate of drug-likeness (QED) is 0.838. The molecule has 1 saturated carbocycles. The molecular weight excluding hydrogens is 278 g/mol. The Bertz CT molecular complexity index is 452. The van der Waals surface area contributed by atoms with Gasteiger partial charge in [-0.05, 0) is 49.4 Å². The SMILES string of the molecule is CC[C@@H](Oc1ccc(OC)cc1)C(=O)NCC1CCCCC1. The second kappa shape index (κ2) is 8.66. The van der Waals surface area contributed by atoms with Crippen LogP contribution in [0.1, 0.15) is 45.4 Å². The zero-order chi connectivity index (χ0) is 15.8. The van der Waals surface area contributed by atoms with Gasteiger partial charge in [0.1, 0.15) is 11.5 Å². The summed E-state index contributed by atoms with van der Waals surface area (Å²) in [5, 5.41) is 3.06. The fourth-order valence-electron chi connectivity index (χ4n) is 2.89. The largest absolute Gasteiger partial charge is 0.497 e. The molecular formula is C18H27NO3. The number of ether oxygens (including phenoxy) is 2. The van der Waals surface area contributed by atoms with E-state index in [2.05, 4.69) is 5.32 Å². The molecule has 0 spiro atoms. The molecule has 0 bridgehead atoms. The summed E-state index contributed by atoms with van der Waals surface area (Å²) in [6, 6.07) is 7.33. The van der Waals surface area contributed by atoms with Gasteiger partial charge >= 0.3 is 0 Å². The Labute approximate surface area is 133 Å². The maximum absolute atomic E-state index is 12.3. The van der Waals surface area contributed by atoms with E-state index in [1.54, 1.807) is 7.11 Å². The highest BCUT2D eigenvalue weighted by Gasteiger charge is 2.20. The van der Waals surface area contributed by atoms with Gasteiger partial charge in [0.2, 0.25) is 0 Å². The molecule has 0 heterocycles. The van der Waals surface area contributed by atoms with Crippen molar-refractivity contribution >= 4 is 5.91 Å². The molecule has 0 radical (unpaired) electrons. The molecule has 1 amide bonds. The molecule has 1 aliphatic rings. The minimum Gasteiger partial charge on any atom is -0.497 e. The molecule has 1 N–H and O–H groups in total. The minimum atomic E-state index is -0.433. The first kappa shape index (κ1) is 16.7. The lowest BCUT2D eigenvalue weighted by Gasteiger charge is -2.23. The van der Waals surface area contributed by atoms with E-state index >= 15 is 0 Å². The summed E-state index contributed by atoms with van der Waals surface area (Å²) < 4.78 is 10.9. The molecule has 22 heavy (non-hydrogen) atoms. The van der Waals surface area contributed by atoms with E-state index in [1.807, 2.05) is 31.2 Å². The zero-order valence-electron chi connectivity index (χ0n) is 13.6. The number of rotatable bonds is 7. The standard InChI is InChI=1S/C18H27NO3/c1-3-17(22-16-11-9-15(21-2)10-12-16)18(20)19-13-14-7-5-4-6-8-14/h9-12,14,17H,3-8,13H2,1-2H3,(H,19,20)/t17-/m1/s1. The van der Waals surface area contributed by atoms with Crippen LogP contribution in [0.25, 0.3) is 0 Å². The van der Waals surface area contributed by atoms with Gasteiger partial charge in [-0.2, -0.15) is 0 Å². The Kier molecular flexibility index (Phi) is 6.56. The number of benzene rings is 1. The van der Waals surface area contributed by atoms with Crippen molar-refractivity contribution in [3.63, 3.8) is 0 Å². The van der Waals surface area contributed by atoms with Gasteiger partial charge in [0.15, 0.2) is 6.10 Å². The third-order valence-corrected chi connectivity index (χ3v) is 4.29. The number of amides is 1. The van der Waals surface area contributed by atoms with E-state index < -0.39 is 6.10 Å². The van der Waals surface area contributed by atoms with Crippen LogP contribution in [0, 0.1) is 5.92 Å². The van der Waals surface area contributed by atoms with Gasteiger partial charge in [-0.3, -0.25) is 4.79 Å². The number of methoxy groups -OCH3 is 1. The van der Waals surface area contributed by atoms with Crippen molar-refractivity contribution in [2.24, 2.45) is 5.92 Å². The van der Waals surface area contributed by atoms with Crippen LogP contribution in [0.2, 0.25) is 0 Å². The Morgan fingerprint density at radius 1 is 1.18 bits per heavy atom. The van der Waals surface area contributed by atoms with Gasteiger partial charge in [0.05, 0.1) is 7.11 Å². The van der Waals surface area contributed by atoms with Crippen LogP contribution in [0.5, 0.6) is 11.5 Å². The maximum Gasteiger partial charge on any atom is 0.261 e. The van der Waals surface area contributed by atoms with Crippen molar-refractivity contribution in [2.75, 3.05) is 13.7 Å². The Balaban J connectivity index is 1.82. The Morgan fingerprint density at radius 3 is 2.41 bits per heavy atom. The highest BCUT2D eigenvalue weighted by Crippen LogP contribution is 2.23. The van der Waals surface area contributed by atoms with Gasteiger partial charge in [-0.25, -0.2) is 0 Å². The summed E-state index contributed by atoms with van der Waals surface area (Å²) in [7, 11) is 1.63. The Morgan fingerprint density at radius 2 is 1.82 bits per heavy atom. The lowest BCUT2D eigenvalue weighted by molar-refractivity contribution is -0.128. The lowest BCUT2D eigenvalue weighted by Crippen LogP contribution is -2.40. The summed E-state index contributed by atoms with van der Waals surface area (Å²) in [4.78, 5) is 12.3. The molecule has 4 nitrogen and oxygen atoms in total. The summed E-state index contributed by atoms with van der Waals surface area (Å²) >= 11 is 0. The summed E-state index contributed by atoms with van der Waals surface area (Å²) in [6.07, 6.45) is 6.61. The summed E-state index contributed by atoms with van der Waals surface area (Å²) in [5.74, 6) is 2.10. The van der Waals surface area contributed by atoms with E-state index in [4.69, 9.17) is 9.47 Å². The minimum absolute atomic E-state index is 0.0103. The van der Waals surface area contributed by atoms with Crippen LogP contribution in [0.3, 0.4) is 0 Å². The van der Waals surface area contributed by atoms with Crippen LogP contribution in [0.4, 0.5) is 0 Å². The molecule has 1 fully saturated rings. The number of carbonyl (C=O) groups excluding carboxylic acids is 1. The van der Waals surface area contributed by atoms with Gasteiger partial charge in [-0.15, -0.1) is 0 Å². The highest BCUT2D eigenvalue weighted by atomic mass is 16.5. The molecule has 0 aliphatic heterocycles. The predicted octanol–water partition coefficient (Wildman–Crippen LogP) is 3.55. The maximum atomic E-state index is 12.3. The lowest BCUT2D eigenvalue weighted by atomic mass is 9.89. The molecule has 1 aromatic rings. The van der Waals surface area contributed by atoms with E-state index in [0.29, 0.717) is 18.1 Å². The summed E-state index contributed by atoms with van der Waals surface area (Å²) in [5.41, 5.74) is 0. The summed E-state index contributed by atoms with van der Waals surface area (Å²) in [6.45, 7) is 2.75. The van der Waals surface area contributed by atoms with Crippen molar-refractivity contribution in [3.05, 3.63) is 24.3 Å². The monoisotopic (exact) mass is 305 g/mol. The topological polar surface area (TPSA) is 47.6 Å². The molecule has 0 saturated heterocycles. The van der Waals surface area contributed by atoms with Crippen molar-refractivity contribution in [1.82, 2.24) is 5.32 Å². The zero-order valence-corrected chi connectivity index (χ0v) is 13.6. The molecule has 1 aliphatic carbocycles. The fraction of sp³-hybridized carbons (Fsp3) is 0.611. The third-order valence-electron chi connectivity index (χ3n) is 4.29. The van der Waals surface area contributed by atoms with E-state index in [0.717, 1.165) is 12.3 Å². The predicted molar refractivity (Wildman–Crippen MR) is 87.3 cm³/mol. The number of carbonyl (C=O) groups is 1. The Hall–Kier alpha value is -1.71. The molecule has 1 atom stereocenters. The highest BCUT2D eigenvalue weighted by molar-refractivity contribution is 5.81. The van der Waals surface area contributed by atoms with Crippen molar-refractivity contribution in [1.29, 1.82) is 0 Å². The average Bonchev–Trinajstić information content (AvgIpc) is 2.59. The van der Waals surface area contributed by atoms with Crippen LogP contribution >= 0.6 is 0 Å². The van der Waals surface area contributed by atoms with Crippen molar-refractivity contribution in [3.8, 4) is 11.5 Å². The van der Waals surface area contributed by atoms with Crippen LogP contribution in [-0.2, 0) is 4.79 Å². The first-order chi connectivity index (χ1) is 10.7. The molecule has 0 aromatic heterocycles. The molecule has 2 rings (SSSR count).